The van der Waals surface area contributed by atoms with E-state index in [4.69, 9.17) is 4.74 Å². The zero-order chi connectivity index (χ0) is 17.8. The predicted molar refractivity (Wildman–Crippen MR) is 99.5 cm³/mol. The number of rotatable bonds is 5. The summed E-state index contributed by atoms with van der Waals surface area (Å²) in [6, 6.07) is 12.6. The average molecular weight is 337 g/mol. The second kappa shape index (κ2) is 7.76. The van der Waals surface area contributed by atoms with Gasteiger partial charge in [-0.3, -0.25) is 4.90 Å². The van der Waals surface area contributed by atoms with Gasteiger partial charge in [-0.1, -0.05) is 17.7 Å². The summed E-state index contributed by atoms with van der Waals surface area (Å²) in [7, 11) is 1.96. The molecule has 0 saturated carbocycles. The Morgan fingerprint density at radius 2 is 2.00 bits per heavy atom. The van der Waals surface area contributed by atoms with Crippen LogP contribution in [-0.4, -0.2) is 29.2 Å². The molecule has 1 atom stereocenters. The number of aryl methyl sites for hydroxylation is 1. The molecule has 1 aromatic heterocycles. The largest absolute Gasteiger partial charge is 0.493 e. The SMILES string of the molecule is Cc1ccc(OCC2CCCN(Cc3cc(C#N)n(C)c3C)C2)cc1. The average Bonchev–Trinajstić information content (AvgIpc) is 2.89. The van der Waals surface area contributed by atoms with Crippen molar-refractivity contribution in [1.82, 2.24) is 9.47 Å². The lowest BCUT2D eigenvalue weighted by molar-refractivity contribution is 0.125. The predicted octanol–water partition coefficient (Wildman–Crippen LogP) is 3.80. The number of aromatic nitrogens is 1. The van der Waals surface area contributed by atoms with Gasteiger partial charge >= 0.3 is 0 Å². The monoisotopic (exact) mass is 337 g/mol. The molecule has 1 aromatic carbocycles. The van der Waals surface area contributed by atoms with E-state index in [2.05, 4.69) is 36.9 Å². The van der Waals surface area contributed by atoms with Gasteiger partial charge in [0.2, 0.25) is 0 Å². The van der Waals surface area contributed by atoms with Gasteiger partial charge in [0.25, 0.3) is 0 Å². The maximum atomic E-state index is 9.20. The molecule has 1 unspecified atom stereocenters. The van der Waals surface area contributed by atoms with Crippen LogP contribution in [0.1, 0.15) is 35.4 Å². The van der Waals surface area contributed by atoms with Crippen molar-refractivity contribution >= 4 is 0 Å². The van der Waals surface area contributed by atoms with Crippen LogP contribution in [0, 0.1) is 31.1 Å². The highest BCUT2D eigenvalue weighted by Crippen LogP contribution is 2.22. The van der Waals surface area contributed by atoms with Crippen LogP contribution < -0.4 is 4.74 Å². The molecule has 0 N–H and O–H groups in total. The molecule has 1 aliphatic heterocycles. The number of hydrogen-bond donors (Lipinski definition) is 0. The van der Waals surface area contributed by atoms with Crippen LogP contribution in [0.25, 0.3) is 0 Å². The van der Waals surface area contributed by atoms with Crippen molar-refractivity contribution in [3.8, 4) is 11.8 Å². The van der Waals surface area contributed by atoms with E-state index in [-0.39, 0.29) is 0 Å². The number of benzene rings is 1. The highest BCUT2D eigenvalue weighted by Gasteiger charge is 2.22. The molecule has 0 radical (unpaired) electrons. The maximum Gasteiger partial charge on any atom is 0.120 e. The highest BCUT2D eigenvalue weighted by molar-refractivity contribution is 5.34. The topological polar surface area (TPSA) is 41.2 Å². The Hall–Kier alpha value is -2.25. The van der Waals surface area contributed by atoms with Crippen LogP contribution in [0.2, 0.25) is 0 Å². The molecule has 0 spiro atoms. The van der Waals surface area contributed by atoms with Gasteiger partial charge in [0.15, 0.2) is 0 Å². The van der Waals surface area contributed by atoms with E-state index in [0.717, 1.165) is 37.7 Å². The van der Waals surface area contributed by atoms with E-state index >= 15 is 0 Å². The van der Waals surface area contributed by atoms with Crippen molar-refractivity contribution < 1.29 is 4.74 Å². The molecule has 0 bridgehead atoms. The fraction of sp³-hybridized carbons (Fsp3) is 0.476. The minimum absolute atomic E-state index is 0.564. The lowest BCUT2D eigenvalue weighted by Gasteiger charge is -2.32. The molecular weight excluding hydrogens is 310 g/mol. The molecule has 2 aromatic rings. The molecule has 0 aliphatic carbocycles. The molecule has 0 amide bonds. The van der Waals surface area contributed by atoms with Crippen LogP contribution in [0.15, 0.2) is 30.3 Å². The Bertz CT molecular complexity index is 755. The Morgan fingerprint density at radius 1 is 1.24 bits per heavy atom. The van der Waals surface area contributed by atoms with Gasteiger partial charge in [0, 0.05) is 31.7 Å². The summed E-state index contributed by atoms with van der Waals surface area (Å²) in [5.41, 5.74) is 4.45. The standard InChI is InChI=1S/C21H27N3O/c1-16-6-8-21(9-7-16)25-15-18-5-4-10-24(13-18)14-19-11-20(12-22)23(3)17(19)2/h6-9,11,18H,4-5,10,13-15H2,1-3H3. The molecule has 4 heteroatoms. The van der Waals surface area contributed by atoms with Crippen molar-refractivity contribution in [3.63, 3.8) is 0 Å². The van der Waals surface area contributed by atoms with Crippen LogP contribution >= 0.6 is 0 Å². The molecule has 132 valence electrons. The van der Waals surface area contributed by atoms with Crippen molar-refractivity contribution in [2.45, 2.75) is 33.2 Å². The van der Waals surface area contributed by atoms with E-state index in [9.17, 15) is 5.26 Å². The minimum Gasteiger partial charge on any atom is -0.493 e. The lowest BCUT2D eigenvalue weighted by Crippen LogP contribution is -2.37. The van der Waals surface area contributed by atoms with Crippen LogP contribution in [0.3, 0.4) is 0 Å². The number of nitrogens with zero attached hydrogens (tertiary/aromatic N) is 3. The Labute approximate surface area is 150 Å². The zero-order valence-corrected chi connectivity index (χ0v) is 15.5. The summed E-state index contributed by atoms with van der Waals surface area (Å²) in [4.78, 5) is 2.50. The first-order valence-electron chi connectivity index (χ1n) is 9.04. The van der Waals surface area contributed by atoms with Gasteiger partial charge < -0.3 is 9.30 Å². The highest BCUT2D eigenvalue weighted by atomic mass is 16.5. The first-order valence-corrected chi connectivity index (χ1v) is 9.04. The smallest absolute Gasteiger partial charge is 0.120 e. The van der Waals surface area contributed by atoms with Gasteiger partial charge in [-0.25, -0.2) is 0 Å². The first-order chi connectivity index (χ1) is 12.1. The minimum atomic E-state index is 0.564. The molecule has 25 heavy (non-hydrogen) atoms. The van der Waals surface area contributed by atoms with Crippen molar-refractivity contribution in [1.29, 1.82) is 5.26 Å². The lowest BCUT2D eigenvalue weighted by atomic mass is 9.98. The molecular formula is C21H27N3O. The number of hydrogen-bond acceptors (Lipinski definition) is 3. The molecule has 1 aliphatic rings. The normalized spacial score (nSPS) is 18.1. The van der Waals surface area contributed by atoms with Gasteiger partial charge in [0.1, 0.15) is 17.5 Å². The summed E-state index contributed by atoms with van der Waals surface area (Å²) in [6.07, 6.45) is 2.43. The third-order valence-electron chi connectivity index (χ3n) is 5.26. The number of ether oxygens (including phenoxy) is 1. The van der Waals surface area contributed by atoms with Crippen molar-refractivity contribution in [3.05, 3.63) is 52.8 Å². The Kier molecular flexibility index (Phi) is 5.45. The maximum absolute atomic E-state index is 9.20. The summed E-state index contributed by atoms with van der Waals surface area (Å²) in [5.74, 6) is 1.52. The Balaban J connectivity index is 1.56. The third-order valence-corrected chi connectivity index (χ3v) is 5.26. The third kappa shape index (κ3) is 4.24. The fourth-order valence-corrected chi connectivity index (χ4v) is 3.55. The van der Waals surface area contributed by atoms with E-state index in [1.165, 1.54) is 29.7 Å². The molecule has 4 nitrogen and oxygen atoms in total. The molecule has 3 rings (SSSR count). The zero-order valence-electron chi connectivity index (χ0n) is 15.5. The van der Waals surface area contributed by atoms with Crippen LogP contribution in [-0.2, 0) is 13.6 Å². The first kappa shape index (κ1) is 17.6. The quantitative estimate of drug-likeness (QED) is 0.833. The fourth-order valence-electron chi connectivity index (χ4n) is 3.55. The molecule has 1 fully saturated rings. The van der Waals surface area contributed by atoms with E-state index in [0.29, 0.717) is 5.92 Å². The summed E-state index contributed by atoms with van der Waals surface area (Å²) >= 11 is 0. The van der Waals surface area contributed by atoms with Crippen molar-refractivity contribution in [2.75, 3.05) is 19.7 Å². The van der Waals surface area contributed by atoms with Crippen LogP contribution in [0.5, 0.6) is 5.75 Å². The van der Waals surface area contributed by atoms with Gasteiger partial charge in [-0.05, 0) is 57.0 Å². The summed E-state index contributed by atoms with van der Waals surface area (Å²) < 4.78 is 7.97. The van der Waals surface area contributed by atoms with Crippen molar-refractivity contribution in [2.24, 2.45) is 13.0 Å². The second-order valence-corrected chi connectivity index (χ2v) is 7.18. The number of nitriles is 1. The molecule has 2 heterocycles. The summed E-state index contributed by atoms with van der Waals surface area (Å²) in [6.45, 7) is 8.06. The van der Waals surface area contributed by atoms with E-state index in [1.54, 1.807) is 0 Å². The number of piperidine rings is 1. The van der Waals surface area contributed by atoms with Gasteiger partial charge in [0.05, 0.1) is 6.61 Å². The van der Waals surface area contributed by atoms with E-state index in [1.807, 2.05) is 29.8 Å². The number of likely N-dealkylation sites (tertiary alicyclic amines) is 1. The van der Waals surface area contributed by atoms with Crippen LogP contribution in [0.4, 0.5) is 0 Å². The Morgan fingerprint density at radius 3 is 2.68 bits per heavy atom. The van der Waals surface area contributed by atoms with E-state index < -0.39 is 0 Å². The summed E-state index contributed by atoms with van der Waals surface area (Å²) in [5, 5.41) is 9.20. The second-order valence-electron chi connectivity index (χ2n) is 7.18. The van der Waals surface area contributed by atoms with Gasteiger partial charge in [-0.15, -0.1) is 0 Å². The van der Waals surface area contributed by atoms with Gasteiger partial charge in [-0.2, -0.15) is 5.26 Å². The molecule has 1 saturated heterocycles.